The van der Waals surface area contributed by atoms with Crippen LogP contribution in [0.25, 0.3) is 12.2 Å². The van der Waals surface area contributed by atoms with E-state index in [-0.39, 0.29) is 17.6 Å². The van der Waals surface area contributed by atoms with Gasteiger partial charge in [-0.3, -0.25) is 9.59 Å². The Morgan fingerprint density at radius 1 is 1.12 bits per heavy atom. The van der Waals surface area contributed by atoms with Crippen LogP contribution in [-0.2, 0) is 14.3 Å². The standard InChI is InChI=1S/C25H22N4O4S/c30-23(27-17-5-7-18(8-6-17)29-11-13-32-14-12-29)10-9-19-16-26-24(34-19)15-22-25(31)28-20-3-1-2-4-21(20)33-22/h1-10,15-16H,11-14H2,(H,27,30)(H,28,31)/b10-9+,22-15-. The maximum absolute atomic E-state index is 12.3. The molecule has 0 saturated carbocycles. The topological polar surface area (TPSA) is 92.8 Å². The number of nitrogens with one attached hydrogen (secondary N) is 2. The number of aromatic nitrogens is 1. The van der Waals surface area contributed by atoms with E-state index in [0.717, 1.165) is 42.6 Å². The average Bonchev–Trinajstić information content (AvgIpc) is 3.32. The van der Waals surface area contributed by atoms with Crippen LogP contribution in [-0.4, -0.2) is 43.1 Å². The third-order valence-corrected chi connectivity index (χ3v) is 6.19. The fourth-order valence-electron chi connectivity index (χ4n) is 3.58. The molecule has 5 rings (SSSR count). The molecule has 2 N–H and O–H groups in total. The molecule has 0 bridgehead atoms. The molecule has 0 aliphatic carbocycles. The van der Waals surface area contributed by atoms with Gasteiger partial charge in [0.15, 0.2) is 11.5 Å². The molecule has 172 valence electrons. The highest BCUT2D eigenvalue weighted by Crippen LogP contribution is 2.31. The van der Waals surface area contributed by atoms with Crippen molar-refractivity contribution in [2.75, 3.05) is 41.8 Å². The summed E-state index contributed by atoms with van der Waals surface area (Å²) in [5.41, 5.74) is 2.47. The lowest BCUT2D eigenvalue weighted by atomic mass is 10.2. The predicted octanol–water partition coefficient (Wildman–Crippen LogP) is 4.00. The third-order valence-electron chi connectivity index (χ3n) is 5.29. The largest absolute Gasteiger partial charge is 0.449 e. The van der Waals surface area contributed by atoms with Gasteiger partial charge in [0.1, 0.15) is 5.01 Å². The van der Waals surface area contributed by atoms with Crippen molar-refractivity contribution >= 4 is 52.4 Å². The number of ether oxygens (including phenoxy) is 2. The average molecular weight is 475 g/mol. The van der Waals surface area contributed by atoms with E-state index in [0.29, 0.717) is 16.4 Å². The number of amides is 2. The first-order chi connectivity index (χ1) is 16.6. The van der Waals surface area contributed by atoms with Gasteiger partial charge in [0.25, 0.3) is 5.91 Å². The fourth-order valence-corrected chi connectivity index (χ4v) is 4.33. The fraction of sp³-hybridized carbons (Fsp3) is 0.160. The van der Waals surface area contributed by atoms with Crippen molar-refractivity contribution in [2.45, 2.75) is 0 Å². The number of hydrogen-bond donors (Lipinski definition) is 2. The van der Waals surface area contributed by atoms with E-state index in [2.05, 4.69) is 20.5 Å². The van der Waals surface area contributed by atoms with Crippen LogP contribution in [0.4, 0.5) is 17.1 Å². The Morgan fingerprint density at radius 2 is 1.91 bits per heavy atom. The molecule has 34 heavy (non-hydrogen) atoms. The number of nitrogens with zero attached hydrogens (tertiary/aromatic N) is 2. The molecule has 1 saturated heterocycles. The number of para-hydroxylation sites is 2. The lowest BCUT2D eigenvalue weighted by molar-refractivity contribution is -0.115. The number of fused-ring (bicyclic) bond motifs is 1. The Hall–Kier alpha value is -3.95. The first kappa shape index (κ1) is 21.9. The Bertz CT molecular complexity index is 1260. The highest BCUT2D eigenvalue weighted by atomic mass is 32.1. The highest BCUT2D eigenvalue weighted by molar-refractivity contribution is 7.13. The summed E-state index contributed by atoms with van der Waals surface area (Å²) in [6, 6.07) is 15.0. The molecule has 0 radical (unpaired) electrons. The van der Waals surface area contributed by atoms with Crippen LogP contribution in [0.3, 0.4) is 0 Å². The first-order valence-corrected chi connectivity index (χ1v) is 11.6. The summed E-state index contributed by atoms with van der Waals surface area (Å²) in [7, 11) is 0. The molecule has 2 aliphatic heterocycles. The predicted molar refractivity (Wildman–Crippen MR) is 133 cm³/mol. The van der Waals surface area contributed by atoms with Crippen LogP contribution < -0.4 is 20.3 Å². The first-order valence-electron chi connectivity index (χ1n) is 10.8. The molecular formula is C25H22N4O4S. The van der Waals surface area contributed by atoms with Crippen molar-refractivity contribution < 1.29 is 19.1 Å². The SMILES string of the molecule is O=C(/C=C/c1cnc(/C=C2\Oc3ccccc3NC2=O)s1)Nc1ccc(N2CCOCC2)cc1. The zero-order valence-electron chi connectivity index (χ0n) is 18.2. The second-order valence-corrected chi connectivity index (χ2v) is 8.72. The van der Waals surface area contributed by atoms with Crippen molar-refractivity contribution in [2.24, 2.45) is 0 Å². The minimum absolute atomic E-state index is 0.168. The molecule has 3 heterocycles. The van der Waals surface area contributed by atoms with E-state index in [1.54, 1.807) is 30.5 Å². The van der Waals surface area contributed by atoms with Gasteiger partial charge in [0, 0.05) is 47.7 Å². The molecule has 1 fully saturated rings. The zero-order valence-corrected chi connectivity index (χ0v) is 19.0. The lowest BCUT2D eigenvalue weighted by Crippen LogP contribution is -2.36. The lowest BCUT2D eigenvalue weighted by Gasteiger charge is -2.28. The number of benzene rings is 2. The van der Waals surface area contributed by atoms with Gasteiger partial charge in [0.2, 0.25) is 5.91 Å². The summed E-state index contributed by atoms with van der Waals surface area (Å²) in [6.45, 7) is 3.19. The second kappa shape index (κ2) is 9.90. The quantitative estimate of drug-likeness (QED) is 0.543. The van der Waals surface area contributed by atoms with E-state index in [4.69, 9.17) is 9.47 Å². The van der Waals surface area contributed by atoms with E-state index in [1.807, 2.05) is 36.4 Å². The van der Waals surface area contributed by atoms with E-state index in [1.165, 1.54) is 17.4 Å². The van der Waals surface area contributed by atoms with Crippen molar-refractivity contribution in [1.82, 2.24) is 4.98 Å². The van der Waals surface area contributed by atoms with Gasteiger partial charge in [-0.2, -0.15) is 0 Å². The Kier molecular flexibility index (Phi) is 6.37. The molecular weight excluding hydrogens is 452 g/mol. The molecule has 9 heteroatoms. The van der Waals surface area contributed by atoms with Gasteiger partial charge in [-0.05, 0) is 42.5 Å². The Balaban J connectivity index is 1.19. The molecule has 0 unspecified atom stereocenters. The minimum Gasteiger partial charge on any atom is -0.449 e. The van der Waals surface area contributed by atoms with Gasteiger partial charge in [-0.15, -0.1) is 11.3 Å². The van der Waals surface area contributed by atoms with Gasteiger partial charge < -0.3 is 25.0 Å². The number of hydrogen-bond acceptors (Lipinski definition) is 7. The van der Waals surface area contributed by atoms with Gasteiger partial charge in [0.05, 0.1) is 18.9 Å². The minimum atomic E-state index is -0.329. The molecule has 0 atom stereocenters. The summed E-state index contributed by atoms with van der Waals surface area (Å²) < 4.78 is 11.1. The summed E-state index contributed by atoms with van der Waals surface area (Å²) in [5, 5.41) is 6.25. The van der Waals surface area contributed by atoms with Crippen molar-refractivity contribution in [1.29, 1.82) is 0 Å². The van der Waals surface area contributed by atoms with Crippen LogP contribution in [0.1, 0.15) is 9.88 Å². The maximum atomic E-state index is 12.3. The van der Waals surface area contributed by atoms with Crippen molar-refractivity contribution in [3.63, 3.8) is 0 Å². The molecule has 3 aromatic rings. The molecule has 2 aromatic carbocycles. The number of rotatable bonds is 5. The van der Waals surface area contributed by atoms with Crippen molar-refractivity contribution in [3.05, 3.63) is 76.4 Å². The van der Waals surface area contributed by atoms with Crippen LogP contribution in [0.2, 0.25) is 0 Å². The number of thiazole rings is 1. The highest BCUT2D eigenvalue weighted by Gasteiger charge is 2.21. The smallest absolute Gasteiger partial charge is 0.291 e. The Labute approximate surface area is 200 Å². The third kappa shape index (κ3) is 5.16. The molecule has 2 amide bonds. The van der Waals surface area contributed by atoms with E-state index < -0.39 is 0 Å². The van der Waals surface area contributed by atoms with Crippen molar-refractivity contribution in [3.8, 4) is 5.75 Å². The summed E-state index contributed by atoms with van der Waals surface area (Å²) in [6.07, 6.45) is 6.38. The number of morpholine rings is 1. The maximum Gasteiger partial charge on any atom is 0.291 e. The van der Waals surface area contributed by atoms with E-state index >= 15 is 0 Å². The molecule has 0 spiro atoms. The van der Waals surface area contributed by atoms with Gasteiger partial charge in [-0.1, -0.05) is 12.1 Å². The van der Waals surface area contributed by atoms with Crippen LogP contribution in [0.5, 0.6) is 5.75 Å². The van der Waals surface area contributed by atoms with Crippen LogP contribution in [0, 0.1) is 0 Å². The van der Waals surface area contributed by atoms with Gasteiger partial charge in [-0.25, -0.2) is 4.98 Å². The Morgan fingerprint density at radius 3 is 2.74 bits per heavy atom. The number of carbonyl (C=O) groups excluding carboxylic acids is 2. The summed E-state index contributed by atoms with van der Waals surface area (Å²) in [5.74, 6) is 0.186. The molecule has 1 aromatic heterocycles. The van der Waals surface area contributed by atoms with Crippen LogP contribution in [0.15, 0.2) is 66.6 Å². The molecule has 8 nitrogen and oxygen atoms in total. The molecule has 2 aliphatic rings. The summed E-state index contributed by atoms with van der Waals surface area (Å²) in [4.78, 5) is 31.9. The monoisotopic (exact) mass is 474 g/mol. The van der Waals surface area contributed by atoms with Gasteiger partial charge >= 0.3 is 0 Å². The normalized spacial score (nSPS) is 16.8. The zero-order chi connectivity index (χ0) is 23.3. The number of carbonyl (C=O) groups is 2. The second-order valence-electron chi connectivity index (χ2n) is 7.63. The number of anilines is 3. The summed E-state index contributed by atoms with van der Waals surface area (Å²) >= 11 is 1.35. The van der Waals surface area contributed by atoms with Crippen LogP contribution >= 0.6 is 11.3 Å². The van der Waals surface area contributed by atoms with E-state index in [9.17, 15) is 9.59 Å².